The largest absolute Gasteiger partial charge is 0.472 e. The molecular formula is C90H167O25P. The number of hydrogen-bond acceptors (Lipinski definition) is 24. The number of phosphoric ester groups is 1. The fraction of sp³-hybridized carbons (Fsp3) is 0.933. The first-order valence-electron chi connectivity index (χ1n) is 46.9. The molecule has 2 saturated heterocycles. The molecular weight excluding hydrogens is 1510 g/mol. The molecule has 1 saturated carbocycles. The molecule has 0 spiro atoms. The number of ether oxygens (including phenoxy) is 8. The van der Waals surface area contributed by atoms with Gasteiger partial charge in [-0.3, -0.25) is 28.2 Å². The molecule has 3 rings (SSSR count). The second kappa shape index (κ2) is 69.6. The summed E-state index contributed by atoms with van der Waals surface area (Å²) in [6.07, 6.45) is 27.8. The first kappa shape index (κ1) is 107. The Morgan fingerprint density at radius 3 is 1.03 bits per heavy atom. The lowest BCUT2D eigenvalue weighted by Gasteiger charge is -2.50. The van der Waals surface area contributed by atoms with Crippen LogP contribution in [0.25, 0.3) is 0 Å². The van der Waals surface area contributed by atoms with E-state index in [1.807, 2.05) is 0 Å². The summed E-state index contributed by atoms with van der Waals surface area (Å²) in [6, 6.07) is 0. The Hall–Kier alpha value is -2.79. The lowest BCUT2D eigenvalue weighted by Crippen LogP contribution is -2.70. The number of unbranched alkanes of at least 4 members (excludes halogenated alkanes) is 50. The molecule has 0 amide bonds. The fourth-order valence-electron chi connectivity index (χ4n) is 15.5. The summed E-state index contributed by atoms with van der Waals surface area (Å²) < 4.78 is 73.4. The van der Waals surface area contributed by atoms with Crippen LogP contribution in [-0.2, 0) is 70.7 Å². The molecule has 0 radical (unpaired) electrons. The van der Waals surface area contributed by atoms with Gasteiger partial charge in [-0.1, -0.05) is 342 Å². The highest BCUT2D eigenvalue weighted by Gasteiger charge is 2.60. The van der Waals surface area contributed by atoms with Crippen LogP contribution in [0.5, 0.6) is 0 Å². The maximum absolute atomic E-state index is 14.9. The van der Waals surface area contributed by atoms with E-state index >= 15 is 0 Å². The van der Waals surface area contributed by atoms with Crippen molar-refractivity contribution < 1.29 is 122 Å². The molecule has 682 valence electrons. The number of hydrogen-bond donors (Lipinski definition) is 10. The minimum atomic E-state index is -5.80. The van der Waals surface area contributed by atoms with Gasteiger partial charge in [0, 0.05) is 25.7 Å². The molecule has 0 aromatic heterocycles. The summed E-state index contributed by atoms with van der Waals surface area (Å²) in [5.41, 5.74) is 0. The number of aliphatic hydroxyl groups excluding tert-OH is 9. The molecule has 116 heavy (non-hydrogen) atoms. The predicted molar refractivity (Wildman–Crippen MR) is 449 cm³/mol. The van der Waals surface area contributed by atoms with E-state index in [0.29, 0.717) is 32.1 Å². The van der Waals surface area contributed by atoms with Gasteiger partial charge in [0.25, 0.3) is 0 Å². The van der Waals surface area contributed by atoms with E-state index < -0.39 is 162 Å². The smallest absolute Gasteiger partial charge is 0.463 e. The van der Waals surface area contributed by atoms with Crippen LogP contribution in [-0.4, -0.2) is 205 Å². The molecule has 18 atom stereocenters. The maximum atomic E-state index is 14.9. The Balaban J connectivity index is 1.91. The van der Waals surface area contributed by atoms with Crippen molar-refractivity contribution in [1.29, 1.82) is 0 Å². The van der Waals surface area contributed by atoms with Gasteiger partial charge < -0.3 is 88.7 Å². The Kier molecular flexibility index (Phi) is 64.4. The van der Waals surface area contributed by atoms with Crippen molar-refractivity contribution in [2.75, 3.05) is 26.4 Å². The fourth-order valence-corrected chi connectivity index (χ4v) is 16.5. The van der Waals surface area contributed by atoms with Crippen molar-refractivity contribution in [1.82, 2.24) is 0 Å². The molecule has 0 aromatic carbocycles. The molecule has 0 bridgehead atoms. The molecule has 2 heterocycles. The van der Waals surface area contributed by atoms with Crippen molar-refractivity contribution >= 4 is 31.7 Å². The number of esters is 4. The molecule has 25 nitrogen and oxygen atoms in total. The van der Waals surface area contributed by atoms with Crippen LogP contribution in [0.15, 0.2) is 12.2 Å². The van der Waals surface area contributed by atoms with Gasteiger partial charge in [-0.2, -0.15) is 0 Å². The Morgan fingerprint density at radius 1 is 0.336 bits per heavy atom. The van der Waals surface area contributed by atoms with E-state index in [9.17, 15) is 74.6 Å². The second-order valence-electron chi connectivity index (χ2n) is 33.5. The summed E-state index contributed by atoms with van der Waals surface area (Å²) in [6.45, 7) is 5.59. The van der Waals surface area contributed by atoms with E-state index in [1.165, 1.54) is 193 Å². The van der Waals surface area contributed by atoms with E-state index in [4.69, 9.17) is 46.9 Å². The van der Waals surface area contributed by atoms with E-state index in [-0.39, 0.29) is 25.7 Å². The summed E-state index contributed by atoms with van der Waals surface area (Å²) in [4.78, 5) is 66.4. The van der Waals surface area contributed by atoms with Crippen molar-refractivity contribution in [2.45, 2.75) is 511 Å². The number of carbonyl (C=O) groups excluding carboxylic acids is 4. The monoisotopic (exact) mass is 1680 g/mol. The molecule has 2 aliphatic heterocycles. The maximum Gasteiger partial charge on any atom is 0.472 e. The van der Waals surface area contributed by atoms with Crippen LogP contribution >= 0.6 is 7.82 Å². The number of phosphoric acid groups is 1. The van der Waals surface area contributed by atoms with Crippen LogP contribution in [0.1, 0.15) is 407 Å². The number of aliphatic hydroxyl groups is 9. The van der Waals surface area contributed by atoms with Crippen molar-refractivity contribution in [2.24, 2.45) is 0 Å². The minimum Gasteiger partial charge on any atom is -0.463 e. The molecule has 10 N–H and O–H groups in total. The average molecular weight is 1680 g/mol. The second-order valence-corrected chi connectivity index (χ2v) is 34.9. The van der Waals surface area contributed by atoms with Gasteiger partial charge in [-0.15, -0.1) is 0 Å². The Labute approximate surface area is 699 Å². The number of rotatable bonds is 76. The first-order valence-corrected chi connectivity index (χ1v) is 48.4. The van der Waals surface area contributed by atoms with Crippen LogP contribution in [0.3, 0.4) is 0 Å². The first-order chi connectivity index (χ1) is 56.2. The van der Waals surface area contributed by atoms with Gasteiger partial charge in [0.05, 0.1) is 13.2 Å². The van der Waals surface area contributed by atoms with Crippen LogP contribution in [0.4, 0.5) is 0 Å². The van der Waals surface area contributed by atoms with E-state index in [2.05, 4.69) is 39.8 Å². The van der Waals surface area contributed by atoms with Crippen LogP contribution in [0, 0.1) is 0 Å². The third-order valence-corrected chi connectivity index (χ3v) is 24.0. The zero-order valence-corrected chi connectivity index (χ0v) is 73.5. The van der Waals surface area contributed by atoms with Crippen LogP contribution < -0.4 is 0 Å². The average Bonchev–Trinajstić information content (AvgIpc) is 0.754. The summed E-state index contributed by atoms with van der Waals surface area (Å²) >= 11 is 0. The molecule has 26 heteroatoms. The quantitative estimate of drug-likeness (QED) is 0.00889. The zero-order valence-electron chi connectivity index (χ0n) is 72.6. The number of carbonyl (C=O) groups is 4. The van der Waals surface area contributed by atoms with Gasteiger partial charge in [0.1, 0.15) is 92.6 Å². The van der Waals surface area contributed by atoms with E-state index in [0.717, 1.165) is 128 Å². The van der Waals surface area contributed by atoms with Gasteiger partial charge in [-0.05, 0) is 51.4 Å². The highest BCUT2D eigenvalue weighted by molar-refractivity contribution is 7.47. The van der Waals surface area contributed by atoms with Crippen molar-refractivity contribution in [3.8, 4) is 0 Å². The minimum absolute atomic E-state index is 0.0166. The van der Waals surface area contributed by atoms with Gasteiger partial charge >= 0.3 is 31.7 Å². The molecule has 18 unspecified atom stereocenters. The summed E-state index contributed by atoms with van der Waals surface area (Å²) in [5.74, 6) is -2.97. The zero-order chi connectivity index (χ0) is 84.7. The Bertz CT molecular complexity index is 2460. The van der Waals surface area contributed by atoms with Gasteiger partial charge in [0.15, 0.2) is 24.8 Å². The van der Waals surface area contributed by atoms with Crippen molar-refractivity contribution in [3.63, 3.8) is 0 Å². The molecule has 0 aromatic rings. The molecule has 1 aliphatic carbocycles. The number of allylic oxidation sites excluding steroid dienone is 2. The molecule has 3 aliphatic rings. The third-order valence-electron chi connectivity index (χ3n) is 23.0. The predicted octanol–water partition coefficient (Wildman–Crippen LogP) is 17.2. The normalized spacial score (nSPS) is 25.2. The topological polar surface area (TPSA) is 380 Å². The lowest BCUT2D eigenvalue weighted by molar-refractivity contribution is -0.360. The summed E-state index contributed by atoms with van der Waals surface area (Å²) in [7, 11) is -5.80. The standard InChI is InChI=1S/C90H167O25P/c1-5-9-13-17-21-25-29-33-35-37-40-43-47-51-55-59-63-74(93)107-69-72-78(97)80(99)84(103)90(111-72)114-87-85(112-76(95)65-61-57-53-49-45-41-36-34-30-26-22-18-14-10-6-2)81(100)82(101)86(113-89-83(102)79(98)77(96)71(66-91)110-89)88(87)115-116(104,105)108-68-70(109-75(94)64-60-56-52-48-44-39-32-28-24-20-16-12-8-4)67-106-73(92)62-58-54-50-46-42-38-31-27-23-19-15-11-7-3/h38,42,70-72,77-91,96-103H,5-37,39-41,43-69H2,1-4H3,(H,104,105)/b42-38-. The lowest BCUT2D eigenvalue weighted by atomic mass is 9.84. The summed E-state index contributed by atoms with van der Waals surface area (Å²) in [5, 5.41) is 102. The van der Waals surface area contributed by atoms with Gasteiger partial charge in [-0.25, -0.2) is 4.57 Å². The van der Waals surface area contributed by atoms with Crippen LogP contribution in [0.2, 0.25) is 0 Å². The molecule has 3 fully saturated rings. The van der Waals surface area contributed by atoms with E-state index in [1.54, 1.807) is 0 Å². The highest BCUT2D eigenvalue weighted by Crippen LogP contribution is 2.49. The van der Waals surface area contributed by atoms with Crippen molar-refractivity contribution in [3.05, 3.63) is 12.2 Å². The highest BCUT2D eigenvalue weighted by atomic mass is 31.2. The third kappa shape index (κ3) is 49.5. The SMILES string of the molecule is CCCCCCCC/C=C\CCCCCC(=O)OCC(COP(=O)(O)OC1C(OC2OC(CO)C(O)C(O)C2O)C(O)C(O)C(OC(=O)CCCCCCCCCCCCCCCCC)C1OC1OC(COC(=O)CCCCCCCCCCCCCCCCCC)C(O)C(O)C1O)OC(=O)CCCCCCCCCCCCCCC. The van der Waals surface area contributed by atoms with Gasteiger partial charge in [0.2, 0.25) is 0 Å². The Morgan fingerprint density at radius 2 is 0.647 bits per heavy atom.